The molecule has 0 spiro atoms. The Bertz CT molecular complexity index is 563. The average molecular weight is 285 g/mol. The van der Waals surface area contributed by atoms with Gasteiger partial charge in [-0.2, -0.15) is 0 Å². The van der Waals surface area contributed by atoms with Crippen LogP contribution in [0.25, 0.3) is 0 Å². The Morgan fingerprint density at radius 3 is 2.90 bits per heavy atom. The molecule has 0 amide bonds. The summed E-state index contributed by atoms with van der Waals surface area (Å²) in [6, 6.07) is 11.2. The van der Waals surface area contributed by atoms with Crippen LogP contribution in [-0.2, 0) is 19.3 Å². The molecule has 3 nitrogen and oxygen atoms in total. The Morgan fingerprint density at radius 2 is 2.10 bits per heavy atom. The third kappa shape index (κ3) is 3.67. The zero-order valence-corrected chi connectivity index (χ0v) is 12.6. The van der Waals surface area contributed by atoms with Gasteiger partial charge in [-0.1, -0.05) is 12.1 Å². The lowest BCUT2D eigenvalue weighted by Crippen LogP contribution is -2.26. The highest BCUT2D eigenvalue weighted by Gasteiger charge is 2.13. The highest BCUT2D eigenvalue weighted by molar-refractivity contribution is 5.39. The van der Waals surface area contributed by atoms with Crippen molar-refractivity contribution in [1.82, 2.24) is 5.32 Å². The molecule has 0 bridgehead atoms. The number of aryl methyl sites for hydroxylation is 2. The first-order chi connectivity index (χ1) is 10.3. The second kappa shape index (κ2) is 6.81. The van der Waals surface area contributed by atoms with E-state index in [4.69, 9.17) is 9.15 Å². The van der Waals surface area contributed by atoms with Crippen molar-refractivity contribution in [2.75, 3.05) is 13.7 Å². The molecule has 1 unspecified atom stereocenters. The first kappa shape index (κ1) is 14.2. The summed E-state index contributed by atoms with van der Waals surface area (Å²) in [5.41, 5.74) is 2.78. The lowest BCUT2D eigenvalue weighted by molar-refractivity contribution is 0.357. The van der Waals surface area contributed by atoms with Crippen LogP contribution in [0.15, 0.2) is 41.0 Å². The molecule has 0 fully saturated rings. The molecule has 0 saturated carbocycles. The second-order valence-electron chi connectivity index (χ2n) is 5.68. The predicted octanol–water partition coefficient (Wildman–Crippen LogP) is 3.37. The fourth-order valence-electron chi connectivity index (χ4n) is 2.94. The Kier molecular flexibility index (Phi) is 4.61. The normalized spacial score (nSPS) is 14.7. The van der Waals surface area contributed by atoms with Crippen LogP contribution in [0, 0.1) is 0 Å². The van der Waals surface area contributed by atoms with Gasteiger partial charge in [0.2, 0.25) is 0 Å². The maximum Gasteiger partial charge on any atom is 0.122 e. The molecule has 112 valence electrons. The number of fused-ring (bicyclic) bond motifs is 1. The van der Waals surface area contributed by atoms with Crippen LogP contribution < -0.4 is 10.1 Å². The van der Waals surface area contributed by atoms with E-state index < -0.39 is 0 Å². The number of nitrogens with one attached hydrogen (secondary N) is 1. The number of rotatable bonds is 7. The van der Waals surface area contributed by atoms with Gasteiger partial charge in [0.05, 0.1) is 12.9 Å². The average Bonchev–Trinajstić information content (AvgIpc) is 3.18. The minimum atomic E-state index is 0.527. The van der Waals surface area contributed by atoms with Gasteiger partial charge in [-0.3, -0.25) is 0 Å². The molecule has 1 aromatic carbocycles. The molecule has 21 heavy (non-hydrogen) atoms. The van der Waals surface area contributed by atoms with E-state index in [-0.39, 0.29) is 0 Å². The van der Waals surface area contributed by atoms with E-state index in [0.717, 1.165) is 50.2 Å². The van der Waals surface area contributed by atoms with Gasteiger partial charge in [-0.25, -0.2) is 0 Å². The monoisotopic (exact) mass is 285 g/mol. The van der Waals surface area contributed by atoms with Crippen molar-refractivity contribution in [3.63, 3.8) is 0 Å². The molecule has 1 atom stereocenters. The third-order valence-corrected chi connectivity index (χ3v) is 4.26. The van der Waals surface area contributed by atoms with Gasteiger partial charge >= 0.3 is 0 Å². The molecule has 1 N–H and O–H groups in total. The predicted molar refractivity (Wildman–Crippen MR) is 83.8 cm³/mol. The molecule has 3 heteroatoms. The number of ether oxygens (including phenoxy) is 1. The molecular formula is C18H23NO2. The zero-order chi connectivity index (χ0) is 14.5. The molecule has 2 heterocycles. The summed E-state index contributed by atoms with van der Waals surface area (Å²) in [7, 11) is 2.04. The first-order valence-corrected chi connectivity index (χ1v) is 7.79. The van der Waals surface area contributed by atoms with Crippen LogP contribution in [0.3, 0.4) is 0 Å². The second-order valence-corrected chi connectivity index (χ2v) is 5.68. The Hall–Kier alpha value is -1.74. The van der Waals surface area contributed by atoms with Crippen LogP contribution in [0.4, 0.5) is 0 Å². The Morgan fingerprint density at radius 1 is 1.19 bits per heavy atom. The maximum absolute atomic E-state index is 5.56. The summed E-state index contributed by atoms with van der Waals surface area (Å²) >= 11 is 0. The van der Waals surface area contributed by atoms with E-state index in [1.165, 1.54) is 11.1 Å². The van der Waals surface area contributed by atoms with Crippen LogP contribution in [0.2, 0.25) is 0 Å². The molecule has 2 aromatic rings. The van der Waals surface area contributed by atoms with Gasteiger partial charge in [0.15, 0.2) is 0 Å². The summed E-state index contributed by atoms with van der Waals surface area (Å²) in [5, 5.41) is 3.42. The molecule has 1 aromatic heterocycles. The molecule has 0 aliphatic carbocycles. The number of furan rings is 1. The van der Waals surface area contributed by atoms with E-state index in [1.807, 2.05) is 19.2 Å². The Labute approximate surface area is 126 Å². The standard InChI is InChI=1S/C18H23NO2/c1-19-16(7-8-17-3-2-11-20-17)6-4-14-5-9-18-15(13-14)10-12-21-18/h2-3,5,9,11,13,16,19H,4,6-8,10,12H2,1H3. The van der Waals surface area contributed by atoms with E-state index in [1.54, 1.807) is 6.26 Å². The first-order valence-electron chi connectivity index (χ1n) is 7.79. The van der Waals surface area contributed by atoms with Gasteiger partial charge in [0.25, 0.3) is 0 Å². The van der Waals surface area contributed by atoms with Crippen LogP contribution >= 0.6 is 0 Å². The summed E-state index contributed by atoms with van der Waals surface area (Å²) in [6.07, 6.45) is 7.16. The number of benzene rings is 1. The molecular weight excluding hydrogens is 262 g/mol. The van der Waals surface area contributed by atoms with E-state index in [2.05, 4.69) is 23.5 Å². The van der Waals surface area contributed by atoms with Crippen molar-refractivity contribution < 1.29 is 9.15 Å². The topological polar surface area (TPSA) is 34.4 Å². The Balaban J connectivity index is 1.50. The zero-order valence-electron chi connectivity index (χ0n) is 12.6. The molecule has 1 aliphatic heterocycles. The van der Waals surface area contributed by atoms with Gasteiger partial charge in [-0.05, 0) is 55.6 Å². The van der Waals surface area contributed by atoms with Crippen LogP contribution in [-0.4, -0.2) is 19.7 Å². The number of hydrogen-bond acceptors (Lipinski definition) is 3. The summed E-state index contributed by atoms with van der Waals surface area (Å²) in [6.45, 7) is 0.834. The fourth-order valence-corrected chi connectivity index (χ4v) is 2.94. The van der Waals surface area contributed by atoms with Crippen molar-refractivity contribution in [3.05, 3.63) is 53.5 Å². The highest BCUT2D eigenvalue weighted by atomic mass is 16.5. The summed E-state index contributed by atoms with van der Waals surface area (Å²) < 4.78 is 11.0. The summed E-state index contributed by atoms with van der Waals surface area (Å²) in [4.78, 5) is 0. The van der Waals surface area contributed by atoms with Crippen molar-refractivity contribution >= 4 is 0 Å². The molecule has 0 radical (unpaired) electrons. The fraction of sp³-hybridized carbons (Fsp3) is 0.444. The lowest BCUT2D eigenvalue weighted by atomic mass is 9.99. The van der Waals surface area contributed by atoms with Gasteiger partial charge in [0, 0.05) is 18.9 Å². The van der Waals surface area contributed by atoms with E-state index >= 15 is 0 Å². The molecule has 1 aliphatic rings. The van der Waals surface area contributed by atoms with Gasteiger partial charge in [-0.15, -0.1) is 0 Å². The lowest BCUT2D eigenvalue weighted by Gasteiger charge is -2.15. The van der Waals surface area contributed by atoms with Gasteiger partial charge < -0.3 is 14.5 Å². The smallest absolute Gasteiger partial charge is 0.122 e. The maximum atomic E-state index is 5.56. The number of hydrogen-bond donors (Lipinski definition) is 1. The van der Waals surface area contributed by atoms with Crippen LogP contribution in [0.5, 0.6) is 5.75 Å². The summed E-state index contributed by atoms with van der Waals surface area (Å²) in [5.74, 6) is 2.15. The molecule has 3 rings (SSSR count). The minimum absolute atomic E-state index is 0.527. The van der Waals surface area contributed by atoms with Crippen LogP contribution in [0.1, 0.15) is 29.7 Å². The quantitative estimate of drug-likeness (QED) is 0.847. The SMILES string of the molecule is CNC(CCc1ccc2c(c1)CCO2)CCc1ccco1. The highest BCUT2D eigenvalue weighted by Crippen LogP contribution is 2.26. The van der Waals surface area contributed by atoms with E-state index in [9.17, 15) is 0 Å². The molecule has 0 saturated heterocycles. The van der Waals surface area contributed by atoms with Crippen molar-refractivity contribution in [1.29, 1.82) is 0 Å². The third-order valence-electron chi connectivity index (χ3n) is 4.26. The van der Waals surface area contributed by atoms with Gasteiger partial charge in [0.1, 0.15) is 11.5 Å². The van der Waals surface area contributed by atoms with Crippen molar-refractivity contribution in [3.8, 4) is 5.75 Å². The van der Waals surface area contributed by atoms with E-state index in [0.29, 0.717) is 6.04 Å². The largest absolute Gasteiger partial charge is 0.493 e. The van der Waals surface area contributed by atoms with Crippen molar-refractivity contribution in [2.24, 2.45) is 0 Å². The minimum Gasteiger partial charge on any atom is -0.493 e. The van der Waals surface area contributed by atoms with Crippen molar-refractivity contribution in [2.45, 2.75) is 38.1 Å².